The number of pyridine rings is 1. The third-order valence-corrected chi connectivity index (χ3v) is 20.8. The van der Waals surface area contributed by atoms with Crippen LogP contribution in [-0.2, 0) is 32.7 Å². The number of aryl methyl sites for hydroxylation is 9. The van der Waals surface area contributed by atoms with Gasteiger partial charge in [-0.15, -0.1) is 11.3 Å². The zero-order chi connectivity index (χ0) is 76.8. The molecule has 16 heteroatoms. The minimum atomic E-state index is -0.0667. The fraction of sp³-hybridized carbons (Fsp3) is 0.179. The predicted molar refractivity (Wildman–Crippen MR) is 455 cm³/mol. The average molecular weight is 1480 g/mol. The minimum Gasteiger partial charge on any atom is -0.361 e. The summed E-state index contributed by atoms with van der Waals surface area (Å²) in [6.45, 7) is 10.4. The zero-order valence-corrected chi connectivity index (χ0v) is 64.2. The van der Waals surface area contributed by atoms with E-state index in [-0.39, 0.29) is 23.6 Å². The molecule has 111 heavy (non-hydrogen) atoms. The maximum atomic E-state index is 12.2. The highest BCUT2D eigenvalue weighted by atomic mass is 32.1. The van der Waals surface area contributed by atoms with Gasteiger partial charge in [0, 0.05) is 104 Å². The number of rotatable bonds is 24. The van der Waals surface area contributed by atoms with Gasteiger partial charge in [0.05, 0.1) is 16.8 Å². The predicted octanol–water partition coefficient (Wildman–Crippen LogP) is 20.2. The van der Waals surface area contributed by atoms with Gasteiger partial charge in [-0.25, -0.2) is 4.98 Å². The van der Waals surface area contributed by atoms with Crippen molar-refractivity contribution in [1.29, 1.82) is 0 Å². The highest BCUT2D eigenvalue weighted by molar-refractivity contribution is 7.13. The molecule has 0 atom stereocenters. The Bertz CT molecular complexity index is 5760. The van der Waals surface area contributed by atoms with Gasteiger partial charge in [-0.2, -0.15) is 0 Å². The zero-order valence-electron chi connectivity index (χ0n) is 63.4. The highest BCUT2D eigenvalue weighted by Gasteiger charge is 2.14. The Hall–Kier alpha value is -12.9. The first-order valence-electron chi connectivity index (χ1n) is 38.0. The first-order chi connectivity index (χ1) is 54.2. The quantitative estimate of drug-likeness (QED) is 0.0276. The van der Waals surface area contributed by atoms with E-state index >= 15 is 0 Å². The molecule has 0 unspecified atom stereocenters. The lowest BCUT2D eigenvalue weighted by molar-refractivity contribution is 0.0938. The van der Waals surface area contributed by atoms with Crippen molar-refractivity contribution in [2.75, 3.05) is 26.2 Å². The van der Waals surface area contributed by atoms with Gasteiger partial charge in [0.25, 0.3) is 23.6 Å². The lowest BCUT2D eigenvalue weighted by Gasteiger charge is -2.08. The van der Waals surface area contributed by atoms with Crippen molar-refractivity contribution >= 4 is 78.6 Å². The van der Waals surface area contributed by atoms with Crippen LogP contribution in [0.4, 0.5) is 0 Å². The minimum absolute atomic E-state index is 0.00796. The van der Waals surface area contributed by atoms with Crippen LogP contribution in [0.3, 0.4) is 0 Å². The van der Waals surface area contributed by atoms with Crippen molar-refractivity contribution in [1.82, 2.24) is 55.7 Å². The van der Waals surface area contributed by atoms with Crippen molar-refractivity contribution in [2.24, 2.45) is 7.05 Å². The number of aromatic nitrogens is 7. The molecule has 7 aromatic heterocycles. The molecule has 0 saturated heterocycles. The number of nitrogens with zero attached hydrogens (tertiary/aromatic N) is 3. The molecule has 15 nitrogen and oxygen atoms in total. The van der Waals surface area contributed by atoms with Crippen LogP contribution < -0.4 is 21.3 Å². The SMILES string of the molecule is Cc1cc(C(=O)NCCCc2ccc(-c3ccc4[nH]ccc4c3)cc2)n(C)c1.Cc1ccc(C(=O)NCCCc2ccc(-c3ccc4[nH]ccc4c3)cc2)cn1.Cc1ccccc1C(=O)NCCCc1ccc(-c2ccc3[nH]ccc3c2)cc1.Cc1ncc(C(=O)NCCCc2ccc(-c3ccc4[nH]ccc4c3)cc2)s1. The summed E-state index contributed by atoms with van der Waals surface area (Å²) in [6, 6.07) is 82.3. The number of H-pyrrole nitrogens is 4. The molecular weight excluding hydrogens is 1390 g/mol. The number of nitrogens with one attached hydrogen (secondary N) is 8. The molecule has 0 saturated carbocycles. The van der Waals surface area contributed by atoms with E-state index in [0.717, 1.165) is 101 Å². The molecule has 8 N–H and O–H groups in total. The molecule has 0 fully saturated rings. The number of amides is 4. The average Bonchev–Trinajstić information content (AvgIpc) is 1.36. The normalized spacial score (nSPS) is 11.0. The molecule has 558 valence electrons. The Morgan fingerprint density at radius 1 is 0.369 bits per heavy atom. The standard InChI is InChI=1S/C25H24N2O.C24H25N3O.C24H23N3O.C22H21N3OS/c1-18-5-2-3-7-23(18)25(28)27-15-4-6-19-8-10-20(11-9-19)21-12-13-24-22(17-21)14-16-26-24;1-17-14-23(27(2)16-17)24(28)26-12-3-4-18-5-7-19(8-6-18)20-9-10-22-21(15-20)11-13-25-22;1-17-4-7-22(16-27-17)24(28)26-13-2-3-18-5-8-19(9-6-18)20-10-11-23-21(15-20)12-14-25-23;1-15-25-14-21(27-15)22(26)24-11-2-3-16-4-6-17(7-5-16)18-8-9-20-19(13-18)10-12-23-20/h2-3,5,7-14,16-17,26H,4,6,15H2,1H3,(H,27,28);5-11,13-16,25H,3-4,12H2,1-2H3,(H,26,28);4-12,14-16,25H,2-3,13H2,1H3,(H,26,28);4-10,12-14,23H,2-3,11H2,1H3,(H,24,26). The first kappa shape index (κ1) is 76.3. The number of aromatic amines is 4. The van der Waals surface area contributed by atoms with Crippen LogP contribution in [0.1, 0.15) is 111 Å². The summed E-state index contributed by atoms with van der Waals surface area (Å²) >= 11 is 1.43. The maximum Gasteiger partial charge on any atom is 0.267 e. The number of hydrogen-bond donors (Lipinski definition) is 8. The van der Waals surface area contributed by atoms with Crippen LogP contribution in [-0.4, -0.2) is 84.3 Å². The van der Waals surface area contributed by atoms with E-state index in [1.54, 1.807) is 18.5 Å². The molecule has 0 aliphatic heterocycles. The van der Waals surface area contributed by atoms with E-state index in [1.165, 1.54) is 99.6 Å². The van der Waals surface area contributed by atoms with Crippen LogP contribution in [0.25, 0.3) is 88.1 Å². The van der Waals surface area contributed by atoms with Gasteiger partial charge < -0.3 is 45.8 Å². The van der Waals surface area contributed by atoms with Gasteiger partial charge >= 0.3 is 0 Å². The number of thiazole rings is 1. The number of carbonyl (C=O) groups excluding carboxylic acids is 4. The van der Waals surface area contributed by atoms with Gasteiger partial charge in [-0.05, 0) is 276 Å². The molecule has 0 bridgehead atoms. The molecule has 7 heterocycles. The Morgan fingerprint density at radius 3 is 1.09 bits per heavy atom. The van der Waals surface area contributed by atoms with Crippen LogP contribution in [0, 0.1) is 27.7 Å². The molecule has 0 spiro atoms. The van der Waals surface area contributed by atoms with Crippen LogP contribution in [0.2, 0.25) is 0 Å². The monoisotopic (exact) mass is 1480 g/mol. The van der Waals surface area contributed by atoms with Gasteiger partial charge in [0.1, 0.15) is 10.6 Å². The van der Waals surface area contributed by atoms with E-state index in [0.29, 0.717) is 42.3 Å². The molecule has 0 aliphatic carbocycles. The van der Waals surface area contributed by atoms with Crippen molar-refractivity contribution in [3.63, 3.8) is 0 Å². The van der Waals surface area contributed by atoms with Crippen LogP contribution >= 0.6 is 11.3 Å². The van der Waals surface area contributed by atoms with E-state index in [4.69, 9.17) is 0 Å². The number of hydrogen-bond acceptors (Lipinski definition) is 7. The Labute approximate surface area is 652 Å². The van der Waals surface area contributed by atoms with Gasteiger partial charge in [-0.1, -0.05) is 140 Å². The summed E-state index contributed by atoms with van der Waals surface area (Å²) in [6.07, 6.45) is 20.5. The number of carbonyl (C=O) groups is 4. The summed E-state index contributed by atoms with van der Waals surface area (Å²) < 4.78 is 1.87. The molecule has 9 aromatic carbocycles. The second-order valence-electron chi connectivity index (χ2n) is 28.1. The van der Waals surface area contributed by atoms with Gasteiger partial charge in [0.15, 0.2) is 0 Å². The van der Waals surface area contributed by atoms with Crippen molar-refractivity contribution in [2.45, 2.75) is 79.1 Å². The second kappa shape index (κ2) is 37.3. The van der Waals surface area contributed by atoms with E-state index < -0.39 is 0 Å². The van der Waals surface area contributed by atoms with Crippen molar-refractivity contribution < 1.29 is 19.2 Å². The third-order valence-electron chi connectivity index (χ3n) is 19.9. The number of benzene rings is 9. The summed E-state index contributed by atoms with van der Waals surface area (Å²) in [5.74, 6) is -0.0983. The Kier molecular flexibility index (Phi) is 25.6. The van der Waals surface area contributed by atoms with E-state index in [9.17, 15) is 19.2 Å². The van der Waals surface area contributed by atoms with Crippen LogP contribution in [0.15, 0.2) is 280 Å². The van der Waals surface area contributed by atoms with E-state index in [2.05, 4.69) is 245 Å². The Morgan fingerprint density at radius 2 is 0.739 bits per heavy atom. The fourth-order valence-corrected chi connectivity index (χ4v) is 14.3. The molecule has 0 radical (unpaired) electrons. The lowest BCUT2D eigenvalue weighted by Crippen LogP contribution is -2.26. The summed E-state index contributed by atoms with van der Waals surface area (Å²) in [7, 11) is 1.90. The highest BCUT2D eigenvalue weighted by Crippen LogP contribution is 2.30. The largest absolute Gasteiger partial charge is 0.361 e. The number of fused-ring (bicyclic) bond motifs is 4. The van der Waals surface area contributed by atoms with Crippen molar-refractivity contribution in [3.8, 4) is 44.5 Å². The smallest absolute Gasteiger partial charge is 0.267 e. The first-order valence-corrected chi connectivity index (χ1v) is 38.8. The molecule has 16 rings (SSSR count). The summed E-state index contributed by atoms with van der Waals surface area (Å²) in [4.78, 5) is 70.4. The van der Waals surface area contributed by atoms with Crippen molar-refractivity contribution in [3.05, 3.63) is 346 Å². The second-order valence-corrected chi connectivity index (χ2v) is 29.3. The fourth-order valence-electron chi connectivity index (χ4n) is 13.6. The maximum absolute atomic E-state index is 12.2. The van der Waals surface area contributed by atoms with Gasteiger partial charge in [-0.3, -0.25) is 24.2 Å². The summed E-state index contributed by atoms with van der Waals surface area (Å²) in [5.41, 5.74) is 24.6. The lowest BCUT2D eigenvalue weighted by atomic mass is 10.0. The van der Waals surface area contributed by atoms with Crippen LogP contribution in [0.5, 0.6) is 0 Å². The molecular formula is C95H93N11O4S. The molecule has 4 amide bonds. The topological polar surface area (TPSA) is 210 Å². The summed E-state index contributed by atoms with van der Waals surface area (Å²) in [5, 5.41) is 17.8. The molecule has 16 aromatic rings. The van der Waals surface area contributed by atoms with E-state index in [1.807, 2.05) is 107 Å². The molecule has 0 aliphatic rings. The third kappa shape index (κ3) is 20.9. The Balaban J connectivity index is 0.000000130. The van der Waals surface area contributed by atoms with Gasteiger partial charge in [0.2, 0.25) is 0 Å².